The van der Waals surface area contributed by atoms with Gasteiger partial charge in [0.25, 0.3) is 0 Å². The number of piperidine rings is 1. The molecule has 1 amide bonds. The first kappa shape index (κ1) is 17.5. The third-order valence-electron chi connectivity index (χ3n) is 4.67. The zero-order valence-electron chi connectivity index (χ0n) is 14.1. The van der Waals surface area contributed by atoms with Crippen molar-refractivity contribution >= 4 is 5.91 Å². The van der Waals surface area contributed by atoms with E-state index < -0.39 is 0 Å². The van der Waals surface area contributed by atoms with Gasteiger partial charge in [-0.3, -0.25) is 4.79 Å². The molecule has 1 fully saturated rings. The van der Waals surface area contributed by atoms with E-state index in [1.54, 1.807) is 0 Å². The van der Waals surface area contributed by atoms with Gasteiger partial charge in [-0.25, -0.2) is 0 Å². The maximum absolute atomic E-state index is 12.4. The zero-order chi connectivity index (χ0) is 15.3. The van der Waals surface area contributed by atoms with Crippen molar-refractivity contribution in [1.29, 1.82) is 0 Å². The second-order valence-corrected chi connectivity index (χ2v) is 7.96. The van der Waals surface area contributed by atoms with Gasteiger partial charge in [0.05, 0.1) is 0 Å². The molecule has 3 nitrogen and oxygen atoms in total. The Labute approximate surface area is 125 Å². The number of likely N-dealkylation sites (tertiary alicyclic amines) is 1. The van der Waals surface area contributed by atoms with E-state index in [0.29, 0.717) is 36.1 Å². The summed E-state index contributed by atoms with van der Waals surface area (Å²) >= 11 is 0. The number of hydrogen-bond acceptors (Lipinski definition) is 2. The van der Waals surface area contributed by atoms with Gasteiger partial charge in [-0.1, -0.05) is 34.6 Å². The predicted molar refractivity (Wildman–Crippen MR) is 85.4 cm³/mol. The van der Waals surface area contributed by atoms with Gasteiger partial charge in [0.2, 0.25) is 5.91 Å². The molecule has 1 heterocycles. The van der Waals surface area contributed by atoms with Crippen molar-refractivity contribution in [3.63, 3.8) is 0 Å². The number of carbonyl (C=O) groups is 1. The first-order valence-electron chi connectivity index (χ1n) is 8.21. The SMILES string of the molecule is CC(C)CC(CN)CC(=O)N1CCC(C(C)(C)C)CC1. The first-order valence-corrected chi connectivity index (χ1v) is 8.21. The molecule has 1 saturated heterocycles. The minimum Gasteiger partial charge on any atom is -0.343 e. The second kappa shape index (κ2) is 7.44. The highest BCUT2D eigenvalue weighted by atomic mass is 16.2. The lowest BCUT2D eigenvalue weighted by atomic mass is 9.75. The lowest BCUT2D eigenvalue weighted by Crippen LogP contribution is -2.42. The fourth-order valence-corrected chi connectivity index (χ4v) is 3.30. The Morgan fingerprint density at radius 1 is 1.25 bits per heavy atom. The van der Waals surface area contributed by atoms with Crippen LogP contribution in [0.1, 0.15) is 60.3 Å². The molecule has 0 aromatic carbocycles. The van der Waals surface area contributed by atoms with Gasteiger partial charge in [0.15, 0.2) is 0 Å². The van der Waals surface area contributed by atoms with E-state index >= 15 is 0 Å². The topological polar surface area (TPSA) is 46.3 Å². The van der Waals surface area contributed by atoms with Gasteiger partial charge < -0.3 is 10.6 Å². The van der Waals surface area contributed by atoms with Crippen LogP contribution in [0.25, 0.3) is 0 Å². The molecule has 1 unspecified atom stereocenters. The Morgan fingerprint density at radius 3 is 2.20 bits per heavy atom. The molecular weight excluding hydrogens is 248 g/mol. The Hall–Kier alpha value is -0.570. The van der Waals surface area contributed by atoms with E-state index in [-0.39, 0.29) is 0 Å². The van der Waals surface area contributed by atoms with Crippen LogP contribution < -0.4 is 5.73 Å². The van der Waals surface area contributed by atoms with Gasteiger partial charge in [-0.05, 0) is 49.0 Å². The summed E-state index contributed by atoms with van der Waals surface area (Å²) in [5.74, 6) is 2.02. The smallest absolute Gasteiger partial charge is 0.222 e. The molecule has 3 heteroatoms. The molecule has 0 saturated carbocycles. The largest absolute Gasteiger partial charge is 0.343 e. The van der Waals surface area contributed by atoms with E-state index in [1.807, 2.05) is 0 Å². The molecule has 1 atom stereocenters. The first-order chi connectivity index (χ1) is 9.24. The van der Waals surface area contributed by atoms with Gasteiger partial charge >= 0.3 is 0 Å². The van der Waals surface area contributed by atoms with Gasteiger partial charge in [0.1, 0.15) is 0 Å². The lowest BCUT2D eigenvalue weighted by molar-refractivity contribution is -0.134. The minimum absolute atomic E-state index is 0.313. The molecular formula is C17H34N2O. The summed E-state index contributed by atoms with van der Waals surface area (Å²) in [7, 11) is 0. The normalized spacial score (nSPS) is 19.4. The number of carbonyl (C=O) groups excluding carboxylic acids is 1. The van der Waals surface area contributed by atoms with E-state index in [2.05, 4.69) is 39.5 Å². The van der Waals surface area contributed by atoms with Crippen LogP contribution in [0.15, 0.2) is 0 Å². The lowest BCUT2D eigenvalue weighted by Gasteiger charge is -2.39. The van der Waals surface area contributed by atoms with Crippen molar-refractivity contribution in [2.75, 3.05) is 19.6 Å². The summed E-state index contributed by atoms with van der Waals surface area (Å²) in [6.45, 7) is 13.8. The summed E-state index contributed by atoms with van der Waals surface area (Å²) in [6, 6.07) is 0. The van der Waals surface area contributed by atoms with Crippen molar-refractivity contribution < 1.29 is 4.79 Å². The number of amides is 1. The number of nitrogens with two attached hydrogens (primary N) is 1. The fourth-order valence-electron chi connectivity index (χ4n) is 3.30. The average molecular weight is 282 g/mol. The summed E-state index contributed by atoms with van der Waals surface area (Å²) < 4.78 is 0. The van der Waals surface area contributed by atoms with Gasteiger partial charge in [-0.15, -0.1) is 0 Å². The Morgan fingerprint density at radius 2 is 1.80 bits per heavy atom. The molecule has 0 aliphatic carbocycles. The van der Waals surface area contributed by atoms with E-state index in [4.69, 9.17) is 5.73 Å². The standard InChI is InChI=1S/C17H34N2O/c1-13(2)10-14(12-18)11-16(20)19-8-6-15(7-9-19)17(3,4)5/h13-15H,6-12,18H2,1-5H3. The van der Waals surface area contributed by atoms with Crippen LogP contribution in [0.3, 0.4) is 0 Å². The molecule has 0 spiro atoms. The van der Waals surface area contributed by atoms with Crippen LogP contribution in [0.5, 0.6) is 0 Å². The molecule has 0 bridgehead atoms. The van der Waals surface area contributed by atoms with Crippen LogP contribution in [0.2, 0.25) is 0 Å². The van der Waals surface area contributed by atoms with E-state index in [0.717, 1.165) is 38.3 Å². The molecule has 2 N–H and O–H groups in total. The third kappa shape index (κ3) is 5.43. The molecule has 0 aromatic heterocycles. The average Bonchev–Trinajstić information content (AvgIpc) is 2.36. The fraction of sp³-hybridized carbons (Fsp3) is 0.941. The van der Waals surface area contributed by atoms with Crippen LogP contribution in [-0.4, -0.2) is 30.4 Å². The van der Waals surface area contributed by atoms with Crippen LogP contribution >= 0.6 is 0 Å². The summed E-state index contributed by atoms with van der Waals surface area (Å²) in [5.41, 5.74) is 6.17. The Bertz CT molecular complexity index is 299. The highest BCUT2D eigenvalue weighted by Crippen LogP contribution is 2.34. The quantitative estimate of drug-likeness (QED) is 0.841. The predicted octanol–water partition coefficient (Wildman–Crippen LogP) is 3.28. The molecule has 118 valence electrons. The molecule has 1 aliphatic heterocycles. The van der Waals surface area contributed by atoms with Crippen LogP contribution in [-0.2, 0) is 4.79 Å². The van der Waals surface area contributed by atoms with Crippen molar-refractivity contribution in [3.8, 4) is 0 Å². The van der Waals surface area contributed by atoms with E-state index in [9.17, 15) is 4.79 Å². The molecule has 0 radical (unpaired) electrons. The third-order valence-corrected chi connectivity index (χ3v) is 4.67. The zero-order valence-corrected chi connectivity index (χ0v) is 14.1. The van der Waals surface area contributed by atoms with Gasteiger partial charge in [-0.2, -0.15) is 0 Å². The highest BCUT2D eigenvalue weighted by molar-refractivity contribution is 5.76. The summed E-state index contributed by atoms with van der Waals surface area (Å²) in [4.78, 5) is 14.4. The maximum atomic E-state index is 12.4. The summed E-state index contributed by atoms with van der Waals surface area (Å²) in [6.07, 6.45) is 3.98. The van der Waals surface area contributed by atoms with Crippen molar-refractivity contribution in [3.05, 3.63) is 0 Å². The second-order valence-electron chi connectivity index (χ2n) is 7.96. The van der Waals surface area contributed by atoms with Crippen LogP contribution in [0.4, 0.5) is 0 Å². The summed E-state index contributed by atoms with van der Waals surface area (Å²) in [5, 5.41) is 0. The van der Waals surface area contributed by atoms with E-state index in [1.165, 1.54) is 0 Å². The molecule has 1 aliphatic rings. The van der Waals surface area contributed by atoms with Crippen molar-refractivity contribution in [2.24, 2.45) is 28.9 Å². The highest BCUT2D eigenvalue weighted by Gasteiger charge is 2.30. The maximum Gasteiger partial charge on any atom is 0.222 e. The molecule has 0 aromatic rings. The Balaban J connectivity index is 2.42. The molecule has 20 heavy (non-hydrogen) atoms. The number of hydrogen-bond donors (Lipinski definition) is 1. The van der Waals surface area contributed by atoms with Gasteiger partial charge in [0, 0.05) is 19.5 Å². The van der Waals surface area contributed by atoms with Crippen LogP contribution in [0, 0.1) is 23.2 Å². The Kier molecular flexibility index (Phi) is 6.50. The monoisotopic (exact) mass is 282 g/mol. The van der Waals surface area contributed by atoms with Crippen molar-refractivity contribution in [2.45, 2.75) is 60.3 Å². The minimum atomic E-state index is 0.313. The number of nitrogens with zero attached hydrogens (tertiary/aromatic N) is 1. The molecule has 1 rings (SSSR count). The van der Waals surface area contributed by atoms with Crippen molar-refractivity contribution in [1.82, 2.24) is 4.90 Å². The number of rotatable bonds is 5.